The molecule has 0 unspecified atom stereocenters. The first kappa shape index (κ1) is 14.8. The maximum absolute atomic E-state index is 12.3. The molecule has 0 aliphatic carbocycles. The van der Waals surface area contributed by atoms with E-state index in [1.54, 1.807) is 41.6 Å². The van der Waals surface area contributed by atoms with E-state index in [4.69, 9.17) is 0 Å². The first-order chi connectivity index (χ1) is 12.3. The highest BCUT2D eigenvalue weighted by Gasteiger charge is 2.12. The Hall–Kier alpha value is -3.81. The Balaban J connectivity index is 1.48. The molecule has 122 valence electrons. The zero-order valence-electron chi connectivity index (χ0n) is 13.0. The van der Waals surface area contributed by atoms with Crippen LogP contribution < -0.4 is 5.32 Å². The third-order valence-electron chi connectivity index (χ3n) is 3.49. The van der Waals surface area contributed by atoms with Crippen molar-refractivity contribution in [2.45, 2.75) is 0 Å². The van der Waals surface area contributed by atoms with Gasteiger partial charge in [-0.1, -0.05) is 18.2 Å². The van der Waals surface area contributed by atoms with E-state index in [1.807, 2.05) is 30.3 Å². The summed E-state index contributed by atoms with van der Waals surface area (Å²) in [6.45, 7) is 0. The lowest BCUT2D eigenvalue weighted by molar-refractivity contribution is 0.102. The minimum Gasteiger partial charge on any atom is -0.319 e. The fraction of sp³-hybridized carbons (Fsp3) is 0. The number of amides is 1. The quantitative estimate of drug-likeness (QED) is 0.618. The Bertz CT molecular complexity index is 976. The van der Waals surface area contributed by atoms with Crippen LogP contribution in [0, 0.1) is 0 Å². The van der Waals surface area contributed by atoms with Crippen LogP contribution in [0.4, 0.5) is 5.69 Å². The second kappa shape index (κ2) is 6.36. The molecular formula is C17H13N7O. The fourth-order valence-electron chi connectivity index (χ4n) is 2.26. The molecule has 0 saturated carbocycles. The minimum atomic E-state index is -0.348. The van der Waals surface area contributed by atoms with Crippen molar-refractivity contribution in [2.75, 3.05) is 5.32 Å². The number of hydrogen-bond acceptors (Lipinski definition) is 5. The fourth-order valence-corrected chi connectivity index (χ4v) is 2.26. The highest BCUT2D eigenvalue weighted by molar-refractivity contribution is 6.02. The molecule has 4 aromatic rings. The van der Waals surface area contributed by atoms with Crippen LogP contribution in [0.5, 0.6) is 0 Å². The third-order valence-corrected chi connectivity index (χ3v) is 3.49. The van der Waals surface area contributed by atoms with Gasteiger partial charge in [0, 0.05) is 12.4 Å². The average molecular weight is 331 g/mol. The topological polar surface area (TPSA) is 90.5 Å². The Labute approximate surface area is 142 Å². The van der Waals surface area contributed by atoms with Crippen molar-refractivity contribution in [1.82, 2.24) is 29.5 Å². The molecule has 1 aromatic carbocycles. The predicted molar refractivity (Wildman–Crippen MR) is 90.7 cm³/mol. The molecule has 0 bridgehead atoms. The summed E-state index contributed by atoms with van der Waals surface area (Å²) in [6.07, 6.45) is 8.13. The Kier molecular flexibility index (Phi) is 3.76. The van der Waals surface area contributed by atoms with Gasteiger partial charge in [0.15, 0.2) is 5.69 Å². The SMILES string of the molecule is O=C(Nc1ccc(-n2ccnc2)nc1)c1cnn(-c2ccccc2)n1. The van der Waals surface area contributed by atoms with Crippen LogP contribution in [0.25, 0.3) is 11.5 Å². The second-order valence-corrected chi connectivity index (χ2v) is 5.18. The summed E-state index contributed by atoms with van der Waals surface area (Å²) in [5.74, 6) is 0.366. The first-order valence-electron chi connectivity index (χ1n) is 7.53. The predicted octanol–water partition coefficient (Wildman–Crippen LogP) is 2.10. The minimum absolute atomic E-state index is 0.225. The molecule has 4 rings (SSSR count). The number of imidazole rings is 1. The summed E-state index contributed by atoms with van der Waals surface area (Å²) in [6, 6.07) is 12.9. The van der Waals surface area contributed by atoms with Gasteiger partial charge in [-0.05, 0) is 24.3 Å². The highest BCUT2D eigenvalue weighted by atomic mass is 16.2. The summed E-state index contributed by atoms with van der Waals surface area (Å²) >= 11 is 0. The molecule has 0 atom stereocenters. The van der Waals surface area contributed by atoms with Gasteiger partial charge in [-0.15, -0.1) is 5.10 Å². The molecule has 25 heavy (non-hydrogen) atoms. The molecule has 8 nitrogen and oxygen atoms in total. The van der Waals surface area contributed by atoms with Crippen molar-refractivity contribution in [3.05, 3.63) is 79.3 Å². The normalized spacial score (nSPS) is 10.6. The number of pyridine rings is 1. The van der Waals surface area contributed by atoms with Crippen LogP contribution in [0.1, 0.15) is 10.5 Å². The van der Waals surface area contributed by atoms with Crippen LogP contribution in [-0.2, 0) is 0 Å². The van der Waals surface area contributed by atoms with Crippen molar-refractivity contribution in [1.29, 1.82) is 0 Å². The smallest absolute Gasteiger partial charge is 0.277 e. The first-order valence-corrected chi connectivity index (χ1v) is 7.53. The van der Waals surface area contributed by atoms with Gasteiger partial charge in [-0.3, -0.25) is 9.36 Å². The highest BCUT2D eigenvalue weighted by Crippen LogP contribution is 2.11. The van der Waals surface area contributed by atoms with Crippen molar-refractivity contribution < 1.29 is 4.79 Å². The average Bonchev–Trinajstić information content (AvgIpc) is 3.35. The number of anilines is 1. The van der Waals surface area contributed by atoms with E-state index in [9.17, 15) is 4.79 Å². The van der Waals surface area contributed by atoms with Crippen molar-refractivity contribution in [3.63, 3.8) is 0 Å². The number of benzene rings is 1. The molecule has 0 aliphatic rings. The lowest BCUT2D eigenvalue weighted by Crippen LogP contribution is -2.13. The van der Waals surface area contributed by atoms with Crippen molar-refractivity contribution in [3.8, 4) is 11.5 Å². The number of nitrogens with one attached hydrogen (secondary N) is 1. The van der Waals surface area contributed by atoms with Crippen molar-refractivity contribution in [2.24, 2.45) is 0 Å². The number of nitrogens with zero attached hydrogens (tertiary/aromatic N) is 6. The number of rotatable bonds is 4. The van der Waals surface area contributed by atoms with E-state index < -0.39 is 0 Å². The van der Waals surface area contributed by atoms with Gasteiger partial charge < -0.3 is 5.32 Å². The monoisotopic (exact) mass is 331 g/mol. The summed E-state index contributed by atoms with van der Waals surface area (Å²) in [5.41, 5.74) is 1.58. The van der Waals surface area contributed by atoms with E-state index >= 15 is 0 Å². The molecule has 0 radical (unpaired) electrons. The van der Waals surface area contributed by atoms with E-state index in [2.05, 4.69) is 25.5 Å². The molecule has 0 aliphatic heterocycles. The van der Waals surface area contributed by atoms with Crippen LogP contribution in [0.2, 0.25) is 0 Å². The molecule has 1 amide bonds. The second-order valence-electron chi connectivity index (χ2n) is 5.18. The van der Waals surface area contributed by atoms with Crippen LogP contribution in [0.3, 0.4) is 0 Å². The standard InChI is InChI=1S/C17H13N7O/c25-17(15-11-20-24(22-15)14-4-2-1-3-5-14)21-13-6-7-16(19-10-13)23-9-8-18-12-23/h1-12H,(H,21,25). The molecule has 3 aromatic heterocycles. The zero-order valence-corrected chi connectivity index (χ0v) is 13.0. The Morgan fingerprint density at radius 3 is 2.64 bits per heavy atom. The van der Waals surface area contributed by atoms with Crippen molar-refractivity contribution >= 4 is 11.6 Å². The molecule has 0 fully saturated rings. The molecule has 0 saturated heterocycles. The summed E-state index contributed by atoms with van der Waals surface area (Å²) in [7, 11) is 0. The Morgan fingerprint density at radius 2 is 1.92 bits per heavy atom. The van der Waals surface area contributed by atoms with Gasteiger partial charge in [0.1, 0.15) is 12.1 Å². The van der Waals surface area contributed by atoms with Gasteiger partial charge in [-0.25, -0.2) is 9.97 Å². The lowest BCUT2D eigenvalue weighted by atomic mass is 10.3. The van der Waals surface area contributed by atoms with Gasteiger partial charge in [-0.2, -0.15) is 9.90 Å². The number of para-hydroxylation sites is 1. The van der Waals surface area contributed by atoms with Gasteiger partial charge >= 0.3 is 0 Å². The number of hydrogen-bond donors (Lipinski definition) is 1. The number of aromatic nitrogens is 6. The van der Waals surface area contributed by atoms with Crippen LogP contribution in [0.15, 0.2) is 73.6 Å². The number of carbonyl (C=O) groups is 1. The zero-order chi connectivity index (χ0) is 17.1. The molecule has 8 heteroatoms. The maximum atomic E-state index is 12.3. The molecule has 0 spiro atoms. The summed E-state index contributed by atoms with van der Waals surface area (Å²) < 4.78 is 1.77. The maximum Gasteiger partial charge on any atom is 0.277 e. The van der Waals surface area contributed by atoms with E-state index in [-0.39, 0.29) is 11.6 Å². The van der Waals surface area contributed by atoms with E-state index in [0.717, 1.165) is 5.69 Å². The molecule has 3 heterocycles. The number of carbonyl (C=O) groups excluding carboxylic acids is 1. The van der Waals surface area contributed by atoms with Gasteiger partial charge in [0.05, 0.1) is 23.8 Å². The van der Waals surface area contributed by atoms with Gasteiger partial charge in [0.25, 0.3) is 5.91 Å². The van der Waals surface area contributed by atoms with Crippen LogP contribution >= 0.6 is 0 Å². The third kappa shape index (κ3) is 3.13. The van der Waals surface area contributed by atoms with E-state index in [0.29, 0.717) is 11.5 Å². The van der Waals surface area contributed by atoms with Gasteiger partial charge in [0.2, 0.25) is 0 Å². The van der Waals surface area contributed by atoms with Crippen LogP contribution in [-0.4, -0.2) is 35.4 Å². The lowest BCUT2D eigenvalue weighted by Gasteiger charge is -2.04. The summed E-state index contributed by atoms with van der Waals surface area (Å²) in [5, 5.41) is 11.1. The molecular weight excluding hydrogens is 318 g/mol. The molecule has 1 N–H and O–H groups in total. The Morgan fingerprint density at radius 1 is 1.04 bits per heavy atom. The summed E-state index contributed by atoms with van der Waals surface area (Å²) in [4.78, 5) is 22.0. The van der Waals surface area contributed by atoms with E-state index in [1.165, 1.54) is 11.0 Å². The largest absolute Gasteiger partial charge is 0.319 e.